The Morgan fingerprint density at radius 2 is 1.83 bits per heavy atom. The molecular weight excluding hydrogens is 358 g/mol. The largest absolute Gasteiger partial charge is 1.00 e. The van der Waals surface area contributed by atoms with Crippen molar-refractivity contribution in [3.05, 3.63) is 59.9 Å². The van der Waals surface area contributed by atoms with Gasteiger partial charge in [0.2, 0.25) is 0 Å². The number of carbonyl (C=O) groups excluding carboxylic acids is 1. The van der Waals surface area contributed by atoms with Crippen LogP contribution in [0, 0.1) is 0 Å². The molecule has 0 unspecified atom stereocenters. The summed E-state index contributed by atoms with van der Waals surface area (Å²) in [6.07, 6.45) is 5.79. The van der Waals surface area contributed by atoms with Crippen molar-refractivity contribution < 1.29 is 31.1 Å². The summed E-state index contributed by atoms with van der Waals surface area (Å²) in [6, 6.07) is 10.8. The second-order valence-electron chi connectivity index (χ2n) is 4.74. The summed E-state index contributed by atoms with van der Waals surface area (Å²) >= 11 is 0. The third-order valence-electron chi connectivity index (χ3n) is 3.25. The molecule has 5 nitrogen and oxygen atoms in total. The monoisotopic (exact) mass is 377 g/mol. The summed E-state index contributed by atoms with van der Waals surface area (Å²) in [7, 11) is 1.62. The van der Waals surface area contributed by atoms with Gasteiger partial charge in [-0.2, -0.15) is 0 Å². The number of aromatic nitrogens is 1. The molecule has 2 aromatic rings. The van der Waals surface area contributed by atoms with Gasteiger partial charge in [0.1, 0.15) is 12.3 Å². The molecule has 0 aliphatic heterocycles. The maximum Gasteiger partial charge on any atom is 0.316 e. The molecule has 0 spiro atoms. The van der Waals surface area contributed by atoms with Gasteiger partial charge in [0.25, 0.3) is 0 Å². The number of nitrogens with two attached hydrogens (primary N) is 1. The Labute approximate surface area is 146 Å². The first kappa shape index (κ1) is 18.7. The second kappa shape index (κ2) is 8.95. The van der Waals surface area contributed by atoms with Gasteiger partial charge in [-0.1, -0.05) is 12.1 Å². The fourth-order valence-electron chi connectivity index (χ4n) is 2.04. The molecule has 122 valence electrons. The molecule has 6 heteroatoms. The molecule has 0 aliphatic carbocycles. The van der Waals surface area contributed by atoms with Crippen LogP contribution in [0.15, 0.2) is 48.8 Å². The molecule has 3 N–H and O–H groups in total. The van der Waals surface area contributed by atoms with Crippen LogP contribution >= 0.6 is 0 Å². The Balaban J connectivity index is 0.00000264. The van der Waals surface area contributed by atoms with Gasteiger partial charge in [-0.15, -0.1) is 0 Å². The normalized spacial score (nSPS) is 10.6. The number of methoxy groups -OCH3 is 1. The Hall–Kier alpha value is -2.34. The van der Waals surface area contributed by atoms with E-state index in [2.05, 4.69) is 12.2 Å². The summed E-state index contributed by atoms with van der Waals surface area (Å²) in [5.74, 6) is 0.783. The van der Waals surface area contributed by atoms with Crippen LogP contribution in [0.3, 0.4) is 0 Å². The van der Waals surface area contributed by atoms with Gasteiger partial charge in [0.15, 0.2) is 12.4 Å². The maximum absolute atomic E-state index is 11.2. The number of primary amides is 1. The van der Waals surface area contributed by atoms with E-state index in [1.807, 2.05) is 59.4 Å². The molecule has 0 bridgehead atoms. The van der Waals surface area contributed by atoms with E-state index in [0.29, 0.717) is 5.70 Å². The lowest BCUT2D eigenvalue weighted by Gasteiger charge is -2.08. The van der Waals surface area contributed by atoms with E-state index in [1.54, 1.807) is 7.11 Å². The van der Waals surface area contributed by atoms with E-state index in [-0.39, 0.29) is 17.0 Å². The number of amides is 2. The van der Waals surface area contributed by atoms with E-state index in [0.717, 1.165) is 23.4 Å². The lowest BCUT2D eigenvalue weighted by molar-refractivity contribution is -0.693. The van der Waals surface area contributed by atoms with E-state index in [9.17, 15) is 4.79 Å². The predicted molar refractivity (Wildman–Crippen MR) is 85.9 cm³/mol. The highest BCUT2D eigenvalue weighted by Crippen LogP contribution is 2.17. The average molecular weight is 378 g/mol. The minimum absolute atomic E-state index is 0. The number of ether oxygens (including phenoxy) is 1. The van der Waals surface area contributed by atoms with E-state index in [4.69, 9.17) is 10.5 Å². The van der Waals surface area contributed by atoms with Crippen LogP contribution in [0.4, 0.5) is 4.79 Å². The number of aryl methyl sites for hydroxylation is 1. The van der Waals surface area contributed by atoms with Crippen molar-refractivity contribution in [2.24, 2.45) is 5.73 Å². The van der Waals surface area contributed by atoms with Gasteiger partial charge in [0.05, 0.1) is 12.8 Å². The van der Waals surface area contributed by atoms with Gasteiger partial charge >= 0.3 is 6.03 Å². The minimum atomic E-state index is -0.591. The molecule has 0 saturated heterocycles. The molecule has 0 aliphatic rings. The van der Waals surface area contributed by atoms with Gasteiger partial charge < -0.3 is 32.8 Å². The first-order chi connectivity index (χ1) is 10.6. The minimum Gasteiger partial charge on any atom is -1.00 e. The van der Waals surface area contributed by atoms with Crippen molar-refractivity contribution in [3.8, 4) is 5.75 Å². The predicted octanol–water partition coefficient (Wildman–Crippen LogP) is -0.827. The smallest absolute Gasteiger partial charge is 0.316 e. The number of hydrogen-bond acceptors (Lipinski definition) is 2. The number of pyridine rings is 1. The summed E-state index contributed by atoms with van der Waals surface area (Å²) in [4.78, 5) is 11.2. The quantitative estimate of drug-likeness (QED) is 0.668. The van der Waals surface area contributed by atoms with E-state index in [1.165, 1.54) is 0 Å². The van der Waals surface area contributed by atoms with Gasteiger partial charge in [0, 0.05) is 17.7 Å². The second-order valence-corrected chi connectivity index (χ2v) is 4.74. The van der Waals surface area contributed by atoms with E-state index >= 15 is 0 Å². The molecule has 2 rings (SSSR count). The zero-order valence-electron chi connectivity index (χ0n) is 13.1. The maximum atomic E-state index is 11.2. The highest BCUT2D eigenvalue weighted by Gasteiger charge is 2.07. The average Bonchev–Trinajstić information content (AvgIpc) is 2.54. The molecule has 0 radical (unpaired) electrons. The third kappa shape index (κ3) is 5.41. The first-order valence-corrected chi connectivity index (χ1v) is 7.04. The van der Waals surface area contributed by atoms with Gasteiger partial charge in [-0.25, -0.2) is 9.36 Å². The van der Waals surface area contributed by atoms with Crippen molar-refractivity contribution in [3.63, 3.8) is 0 Å². The van der Waals surface area contributed by atoms with Crippen molar-refractivity contribution in [1.82, 2.24) is 5.32 Å². The van der Waals surface area contributed by atoms with Crippen LogP contribution in [0.1, 0.15) is 18.1 Å². The lowest BCUT2D eigenvalue weighted by atomic mass is 10.1. The summed E-state index contributed by atoms with van der Waals surface area (Å²) < 4.78 is 7.18. The topological polar surface area (TPSA) is 68.2 Å². The number of nitrogens with one attached hydrogen (secondary N) is 1. The molecule has 0 saturated carbocycles. The van der Waals surface area contributed by atoms with Crippen molar-refractivity contribution in [2.45, 2.75) is 13.5 Å². The van der Waals surface area contributed by atoms with Gasteiger partial charge in [-0.3, -0.25) is 0 Å². The standard InChI is InChI=1S/C17H19N3O2.BrH/c1-3-20-10-8-14(9-11-20)16(19-17(18)21)12-13-4-6-15(22-2)7-5-13;/h4-12H,3H2,1-2H3,(H2-,18,19,21);1H/b16-12-;. The van der Waals surface area contributed by atoms with Crippen LogP contribution in [-0.4, -0.2) is 13.1 Å². The number of hydrogen-bond donors (Lipinski definition) is 2. The lowest BCUT2D eigenvalue weighted by Crippen LogP contribution is -3.00. The molecule has 2 amide bonds. The Morgan fingerprint density at radius 1 is 1.22 bits per heavy atom. The van der Waals surface area contributed by atoms with Gasteiger partial charge in [-0.05, 0) is 30.7 Å². The van der Waals surface area contributed by atoms with Crippen molar-refractivity contribution in [1.29, 1.82) is 0 Å². The summed E-state index contributed by atoms with van der Waals surface area (Å²) in [5, 5.41) is 2.67. The SMILES string of the molecule is CC[n+]1ccc(/C(=C/c2ccc(OC)cc2)NC(N)=O)cc1.[Br-]. The first-order valence-electron chi connectivity index (χ1n) is 7.04. The van der Waals surface area contributed by atoms with Crippen LogP contribution in [0.2, 0.25) is 0 Å². The number of urea groups is 1. The number of rotatable bonds is 5. The van der Waals surface area contributed by atoms with Crippen LogP contribution in [0.25, 0.3) is 11.8 Å². The fourth-order valence-corrected chi connectivity index (χ4v) is 2.04. The highest BCUT2D eigenvalue weighted by atomic mass is 79.9. The number of carbonyl (C=O) groups is 1. The zero-order chi connectivity index (χ0) is 15.9. The molecule has 1 aromatic heterocycles. The number of halogens is 1. The highest BCUT2D eigenvalue weighted by molar-refractivity contribution is 5.90. The zero-order valence-corrected chi connectivity index (χ0v) is 14.7. The number of benzene rings is 1. The van der Waals surface area contributed by atoms with Crippen molar-refractivity contribution >= 4 is 17.8 Å². The fraction of sp³-hybridized carbons (Fsp3) is 0.176. The molecule has 0 fully saturated rings. The van der Waals surface area contributed by atoms with E-state index < -0.39 is 6.03 Å². The molecular formula is C17H20BrN3O2. The Kier molecular flexibility index (Phi) is 7.28. The number of nitrogens with zero attached hydrogens (tertiary/aromatic N) is 1. The molecule has 0 atom stereocenters. The summed E-state index contributed by atoms with van der Waals surface area (Å²) in [6.45, 7) is 2.95. The third-order valence-corrected chi connectivity index (χ3v) is 3.25. The Bertz CT molecular complexity index is 667. The Morgan fingerprint density at radius 3 is 2.30 bits per heavy atom. The van der Waals surface area contributed by atoms with Crippen LogP contribution in [-0.2, 0) is 6.54 Å². The molecule has 23 heavy (non-hydrogen) atoms. The molecule has 1 heterocycles. The van der Waals surface area contributed by atoms with Crippen molar-refractivity contribution in [2.75, 3.05) is 7.11 Å². The molecule has 1 aromatic carbocycles. The van der Waals surface area contributed by atoms with Crippen LogP contribution < -0.4 is 37.3 Å². The van der Waals surface area contributed by atoms with Crippen LogP contribution in [0.5, 0.6) is 5.75 Å². The summed E-state index contributed by atoms with van der Waals surface area (Å²) in [5.41, 5.74) is 7.75.